The third kappa shape index (κ3) is 3.94. The summed E-state index contributed by atoms with van der Waals surface area (Å²) in [6.07, 6.45) is 0.970. The van der Waals surface area contributed by atoms with Crippen molar-refractivity contribution in [3.63, 3.8) is 0 Å². The highest BCUT2D eigenvalue weighted by Crippen LogP contribution is 2.20. The van der Waals surface area contributed by atoms with Crippen LogP contribution in [-0.2, 0) is 11.2 Å². The maximum atomic E-state index is 11.8. The number of aryl methyl sites for hydroxylation is 2. The molecule has 1 aromatic carbocycles. The Balaban J connectivity index is 1.90. The molecule has 0 atom stereocenters. The molecule has 0 aliphatic carbocycles. The molecular weight excluding hydrogens is 282 g/mol. The van der Waals surface area contributed by atoms with E-state index >= 15 is 0 Å². The highest BCUT2D eigenvalue weighted by atomic mass is 35.5. The average Bonchev–Trinajstić information content (AvgIpc) is 2.76. The number of rotatable bonds is 4. The van der Waals surface area contributed by atoms with Crippen LogP contribution in [0.4, 0.5) is 10.8 Å². The molecule has 3 N–H and O–H groups in total. The number of nitrogens with two attached hydrogens (primary N) is 1. The Bertz CT molecular complexity index is 597. The lowest BCUT2D eigenvalue weighted by molar-refractivity contribution is -0.116. The van der Waals surface area contributed by atoms with Crippen LogP contribution in [0.15, 0.2) is 23.6 Å². The molecule has 2 rings (SSSR count). The number of aromatic nitrogens is 1. The van der Waals surface area contributed by atoms with E-state index in [0.717, 1.165) is 16.9 Å². The van der Waals surface area contributed by atoms with Crippen LogP contribution < -0.4 is 11.1 Å². The van der Waals surface area contributed by atoms with Gasteiger partial charge >= 0.3 is 0 Å². The molecule has 0 saturated heterocycles. The third-order valence-electron chi connectivity index (χ3n) is 2.64. The number of nitrogens with one attached hydrogen (secondary N) is 1. The molecule has 2 aromatic rings. The first-order chi connectivity index (χ1) is 9.04. The first kappa shape index (κ1) is 13.8. The highest BCUT2D eigenvalue weighted by Gasteiger charge is 2.07. The van der Waals surface area contributed by atoms with Gasteiger partial charge in [-0.05, 0) is 37.1 Å². The SMILES string of the molecule is Cc1cc(Cl)ccc1NC(=O)CCc1csc(N)n1. The predicted molar refractivity (Wildman–Crippen MR) is 79.7 cm³/mol. The number of halogens is 1. The number of carbonyl (C=O) groups excluding carboxylic acids is 1. The number of hydrogen-bond donors (Lipinski definition) is 2. The fourth-order valence-electron chi connectivity index (χ4n) is 1.66. The van der Waals surface area contributed by atoms with Gasteiger partial charge in [-0.15, -0.1) is 11.3 Å². The van der Waals surface area contributed by atoms with Gasteiger partial charge in [-0.25, -0.2) is 4.98 Å². The topological polar surface area (TPSA) is 68.0 Å². The van der Waals surface area contributed by atoms with Crippen LogP contribution in [0.25, 0.3) is 0 Å². The summed E-state index contributed by atoms with van der Waals surface area (Å²) in [7, 11) is 0. The summed E-state index contributed by atoms with van der Waals surface area (Å²) >= 11 is 7.25. The number of nitrogens with zero attached hydrogens (tertiary/aromatic N) is 1. The first-order valence-corrected chi connectivity index (χ1v) is 7.06. The fraction of sp³-hybridized carbons (Fsp3) is 0.231. The van der Waals surface area contributed by atoms with Crippen molar-refractivity contribution in [3.8, 4) is 0 Å². The molecule has 0 saturated carbocycles. The number of amides is 1. The summed E-state index contributed by atoms with van der Waals surface area (Å²) in [6, 6.07) is 5.37. The molecule has 0 aliphatic rings. The normalized spacial score (nSPS) is 10.4. The number of carbonyl (C=O) groups is 1. The third-order valence-corrected chi connectivity index (χ3v) is 3.60. The molecule has 1 aromatic heterocycles. The van der Waals surface area contributed by atoms with Crippen molar-refractivity contribution in [2.24, 2.45) is 0 Å². The van der Waals surface area contributed by atoms with Crippen LogP contribution in [0.5, 0.6) is 0 Å². The zero-order valence-electron chi connectivity index (χ0n) is 10.4. The minimum atomic E-state index is -0.0445. The summed E-state index contributed by atoms with van der Waals surface area (Å²) in [4.78, 5) is 15.9. The molecule has 6 heteroatoms. The largest absolute Gasteiger partial charge is 0.375 e. The van der Waals surface area contributed by atoms with Crippen LogP contribution in [0.2, 0.25) is 5.02 Å². The van der Waals surface area contributed by atoms with Gasteiger partial charge in [0, 0.05) is 22.5 Å². The van der Waals surface area contributed by atoms with Gasteiger partial charge in [-0.2, -0.15) is 0 Å². The molecule has 1 amide bonds. The van der Waals surface area contributed by atoms with E-state index in [0.29, 0.717) is 23.0 Å². The zero-order valence-corrected chi connectivity index (χ0v) is 12.0. The van der Waals surface area contributed by atoms with Crippen molar-refractivity contribution in [1.82, 2.24) is 4.98 Å². The van der Waals surface area contributed by atoms with Crippen molar-refractivity contribution in [2.45, 2.75) is 19.8 Å². The summed E-state index contributed by atoms with van der Waals surface area (Å²) in [5, 5.41) is 5.92. The van der Waals surface area contributed by atoms with Gasteiger partial charge < -0.3 is 11.1 Å². The zero-order chi connectivity index (χ0) is 13.8. The summed E-state index contributed by atoms with van der Waals surface area (Å²) in [5.74, 6) is -0.0445. The van der Waals surface area contributed by atoms with Crippen molar-refractivity contribution in [2.75, 3.05) is 11.1 Å². The van der Waals surface area contributed by atoms with Gasteiger partial charge in [-0.3, -0.25) is 4.79 Å². The highest BCUT2D eigenvalue weighted by molar-refractivity contribution is 7.13. The Kier molecular flexibility index (Phi) is 4.39. The predicted octanol–water partition coefficient (Wildman–Crippen LogP) is 3.26. The average molecular weight is 296 g/mol. The van der Waals surface area contributed by atoms with Gasteiger partial charge in [0.15, 0.2) is 5.13 Å². The second-order valence-electron chi connectivity index (χ2n) is 4.18. The Morgan fingerprint density at radius 1 is 1.53 bits per heavy atom. The Labute approximate surface area is 120 Å². The molecular formula is C13H14ClN3OS. The Hall–Kier alpha value is -1.59. The molecule has 4 nitrogen and oxygen atoms in total. The van der Waals surface area contributed by atoms with Gasteiger partial charge in [0.1, 0.15) is 0 Å². The Morgan fingerprint density at radius 3 is 2.95 bits per heavy atom. The lowest BCUT2D eigenvalue weighted by Crippen LogP contribution is -2.13. The van der Waals surface area contributed by atoms with E-state index in [1.807, 2.05) is 18.4 Å². The Morgan fingerprint density at radius 2 is 2.32 bits per heavy atom. The second-order valence-corrected chi connectivity index (χ2v) is 5.51. The molecule has 0 spiro atoms. The molecule has 1 heterocycles. The van der Waals surface area contributed by atoms with Crippen molar-refractivity contribution in [1.29, 1.82) is 0 Å². The quantitative estimate of drug-likeness (QED) is 0.909. The van der Waals surface area contributed by atoms with E-state index in [9.17, 15) is 4.79 Å². The van der Waals surface area contributed by atoms with E-state index in [1.54, 1.807) is 12.1 Å². The monoisotopic (exact) mass is 295 g/mol. The van der Waals surface area contributed by atoms with E-state index in [2.05, 4.69) is 10.3 Å². The van der Waals surface area contributed by atoms with E-state index < -0.39 is 0 Å². The van der Waals surface area contributed by atoms with Gasteiger partial charge in [0.25, 0.3) is 0 Å². The number of hydrogen-bond acceptors (Lipinski definition) is 4. The second kappa shape index (κ2) is 6.04. The number of benzene rings is 1. The van der Waals surface area contributed by atoms with E-state index in [1.165, 1.54) is 11.3 Å². The number of anilines is 2. The van der Waals surface area contributed by atoms with Gasteiger partial charge in [0.2, 0.25) is 5.91 Å². The molecule has 0 bridgehead atoms. The van der Waals surface area contributed by atoms with E-state index in [-0.39, 0.29) is 5.91 Å². The lowest BCUT2D eigenvalue weighted by Gasteiger charge is -2.08. The molecule has 0 unspecified atom stereocenters. The lowest BCUT2D eigenvalue weighted by atomic mass is 10.2. The smallest absolute Gasteiger partial charge is 0.224 e. The van der Waals surface area contributed by atoms with Crippen molar-refractivity contribution >= 4 is 39.7 Å². The first-order valence-electron chi connectivity index (χ1n) is 5.80. The van der Waals surface area contributed by atoms with Crippen LogP contribution in [0, 0.1) is 6.92 Å². The maximum Gasteiger partial charge on any atom is 0.224 e. The van der Waals surface area contributed by atoms with Crippen LogP contribution >= 0.6 is 22.9 Å². The number of thiazole rings is 1. The fourth-order valence-corrected chi connectivity index (χ4v) is 2.48. The van der Waals surface area contributed by atoms with Crippen molar-refractivity contribution in [3.05, 3.63) is 39.9 Å². The van der Waals surface area contributed by atoms with Gasteiger partial charge in [-0.1, -0.05) is 11.6 Å². The van der Waals surface area contributed by atoms with Crippen LogP contribution in [0.3, 0.4) is 0 Å². The molecule has 0 fully saturated rings. The van der Waals surface area contributed by atoms with E-state index in [4.69, 9.17) is 17.3 Å². The minimum absolute atomic E-state index is 0.0445. The maximum absolute atomic E-state index is 11.8. The summed E-state index contributed by atoms with van der Waals surface area (Å²) in [6.45, 7) is 1.91. The minimum Gasteiger partial charge on any atom is -0.375 e. The van der Waals surface area contributed by atoms with Crippen LogP contribution in [-0.4, -0.2) is 10.9 Å². The van der Waals surface area contributed by atoms with Crippen molar-refractivity contribution < 1.29 is 4.79 Å². The molecule has 0 radical (unpaired) electrons. The van der Waals surface area contributed by atoms with Crippen LogP contribution in [0.1, 0.15) is 17.7 Å². The number of nitrogen functional groups attached to an aromatic ring is 1. The summed E-state index contributed by atoms with van der Waals surface area (Å²) in [5.41, 5.74) is 8.12. The molecule has 19 heavy (non-hydrogen) atoms. The molecule has 0 aliphatic heterocycles. The standard InChI is InChI=1S/C13H14ClN3OS/c1-8-6-9(14)2-4-11(8)17-12(18)5-3-10-7-19-13(15)16-10/h2,4,6-7H,3,5H2,1H3,(H2,15,16)(H,17,18). The van der Waals surface area contributed by atoms with Gasteiger partial charge in [0.05, 0.1) is 5.69 Å². The summed E-state index contributed by atoms with van der Waals surface area (Å²) < 4.78 is 0. The molecule has 100 valence electrons.